The van der Waals surface area contributed by atoms with Gasteiger partial charge in [0, 0.05) is 131 Å². The number of nitro groups is 2. The summed E-state index contributed by atoms with van der Waals surface area (Å²) in [5.74, 6) is 0. The zero-order chi connectivity index (χ0) is 85.8. The second kappa shape index (κ2) is 38.8. The molecule has 18 aromatic carbocycles. The number of benzene rings is 18. The maximum Gasteiger partial charge on any atom is 0.271 e. The van der Waals surface area contributed by atoms with Crippen LogP contribution in [0.4, 0.5) is 96.7 Å². The van der Waals surface area contributed by atoms with Gasteiger partial charge in [-0.3, -0.25) is 20.2 Å². The summed E-state index contributed by atoms with van der Waals surface area (Å²) in [6.07, 6.45) is 0. The van der Waals surface area contributed by atoms with Gasteiger partial charge in [-0.15, -0.1) is 0 Å². The van der Waals surface area contributed by atoms with Crippen molar-refractivity contribution in [2.45, 2.75) is 0 Å². The van der Waals surface area contributed by atoms with Crippen molar-refractivity contribution in [3.05, 3.63) is 499 Å². The number of nitro benzene ring substituents is 2. The molecule has 125 heavy (non-hydrogen) atoms. The molecule has 0 N–H and O–H groups in total. The van der Waals surface area contributed by atoms with Crippen LogP contribution in [0.1, 0.15) is 5.56 Å². The summed E-state index contributed by atoms with van der Waals surface area (Å²) in [6, 6.07) is 163. The predicted octanol–water partition coefficient (Wildman–Crippen LogP) is 30.5. The Labute approximate surface area is 729 Å². The van der Waals surface area contributed by atoms with Crippen LogP contribution < -0.4 is 29.4 Å². The van der Waals surface area contributed by atoms with Gasteiger partial charge in [0.05, 0.1) is 21.5 Å². The van der Waals surface area contributed by atoms with Crippen LogP contribution in [0.5, 0.6) is 0 Å². The van der Waals surface area contributed by atoms with E-state index in [2.05, 4.69) is 378 Å². The first-order valence-electron chi connectivity index (χ1n) is 41.2. The van der Waals surface area contributed by atoms with Crippen LogP contribution >= 0.6 is 0 Å². The third kappa shape index (κ3) is 19.7. The molecule has 604 valence electrons. The van der Waals surface area contributed by atoms with E-state index in [0.717, 1.165) is 96.4 Å². The van der Waals surface area contributed by atoms with Crippen molar-refractivity contribution in [2.75, 3.05) is 50.5 Å². The van der Waals surface area contributed by atoms with E-state index in [4.69, 9.17) is 5.26 Å². The highest BCUT2D eigenvalue weighted by molar-refractivity contribution is 5.86. The molecule has 0 heterocycles. The van der Waals surface area contributed by atoms with Gasteiger partial charge in [0.15, 0.2) is 0 Å². The van der Waals surface area contributed by atoms with Gasteiger partial charge in [-0.25, -0.2) is 0 Å². The number of rotatable bonds is 23. The van der Waals surface area contributed by atoms with Crippen LogP contribution in [0, 0.1) is 31.6 Å². The van der Waals surface area contributed by atoms with Crippen LogP contribution in [0.2, 0.25) is 0 Å². The van der Waals surface area contributed by atoms with Crippen molar-refractivity contribution in [2.24, 2.45) is 0 Å². The molecule has 0 aliphatic carbocycles. The zero-order valence-corrected chi connectivity index (χ0v) is 69.2. The van der Waals surface area contributed by atoms with Gasteiger partial charge in [-0.1, -0.05) is 261 Å². The van der Waals surface area contributed by atoms with Crippen molar-refractivity contribution in [1.82, 2.24) is 0 Å². The topological polar surface area (TPSA) is 130 Å². The van der Waals surface area contributed by atoms with Gasteiger partial charge in [-0.05, 0) is 255 Å². The largest absolute Gasteiger partial charge is 0.345 e. The van der Waals surface area contributed by atoms with Gasteiger partial charge in [-0.2, -0.15) is 5.26 Å². The van der Waals surface area contributed by atoms with Gasteiger partial charge in [0.25, 0.3) is 11.4 Å². The molecule has 0 fully saturated rings. The lowest BCUT2D eigenvalue weighted by Crippen LogP contribution is -2.12. The Morgan fingerprint density at radius 1 is 0.192 bits per heavy atom. The highest BCUT2D eigenvalue weighted by Gasteiger charge is 2.21. The van der Waals surface area contributed by atoms with Crippen LogP contribution in [0.25, 0.3) is 66.8 Å². The third-order valence-corrected chi connectivity index (χ3v) is 22.1. The molecule has 18 rings (SSSR count). The lowest BCUT2D eigenvalue weighted by Gasteiger charge is -2.27. The van der Waals surface area contributed by atoms with E-state index in [-0.39, 0.29) is 21.2 Å². The van der Waals surface area contributed by atoms with Gasteiger partial charge >= 0.3 is 0 Å². The minimum atomic E-state index is -0.383. The summed E-state index contributed by atoms with van der Waals surface area (Å²) in [5, 5.41) is 31.5. The molecule has 0 aliphatic heterocycles. The third-order valence-electron chi connectivity index (χ3n) is 22.1. The van der Waals surface area contributed by atoms with Crippen LogP contribution in [0.15, 0.2) is 473 Å². The fourth-order valence-electron chi connectivity index (χ4n) is 15.2. The van der Waals surface area contributed by atoms with Crippen LogP contribution in [-0.2, 0) is 0 Å². The molecule has 13 nitrogen and oxygen atoms in total. The summed E-state index contributed by atoms with van der Waals surface area (Å²) in [6.45, 7) is 0. The smallest absolute Gasteiger partial charge is 0.271 e. The molecule has 0 unspecified atom stereocenters. The molecular weight excluding hydrogens is 1540 g/mol. The summed E-state index contributed by atoms with van der Waals surface area (Å²) in [5.41, 5.74) is 30.1. The second-order valence-electron chi connectivity index (χ2n) is 29.9. The summed E-state index contributed by atoms with van der Waals surface area (Å²) >= 11 is 0. The molecular formula is C112H87N9O4. The van der Waals surface area contributed by atoms with Gasteiger partial charge in [0.1, 0.15) is 0 Å². The Bertz CT molecular complexity index is 6360. The average molecular weight is 1620 g/mol. The highest BCUT2D eigenvalue weighted by Crippen LogP contribution is 2.43. The maximum atomic E-state index is 11.3. The van der Waals surface area contributed by atoms with Crippen molar-refractivity contribution in [3.8, 4) is 72.8 Å². The van der Waals surface area contributed by atoms with E-state index in [1.165, 1.54) is 73.8 Å². The van der Waals surface area contributed by atoms with Crippen molar-refractivity contribution in [3.63, 3.8) is 0 Å². The first-order valence-corrected chi connectivity index (χ1v) is 41.2. The quantitative estimate of drug-likeness (QED) is 0.0448. The molecule has 0 spiro atoms. The maximum absolute atomic E-state index is 11.3. The van der Waals surface area contributed by atoms with E-state index in [1.807, 2.05) is 110 Å². The predicted molar refractivity (Wildman–Crippen MR) is 518 cm³/mol. The lowest BCUT2D eigenvalue weighted by atomic mass is 10.0. The Hall–Kier alpha value is -17.0. The Kier molecular flexibility index (Phi) is 25.4. The molecule has 0 aliphatic rings. The van der Waals surface area contributed by atoms with Gasteiger partial charge < -0.3 is 29.4 Å². The minimum Gasteiger partial charge on any atom is -0.345 e. The Morgan fingerprint density at radius 3 is 0.576 bits per heavy atom. The lowest BCUT2D eigenvalue weighted by molar-refractivity contribution is -0.385. The highest BCUT2D eigenvalue weighted by atomic mass is 16.6. The molecule has 0 radical (unpaired) electrons. The fraction of sp³-hybridized carbons (Fsp3) is 0.0268. The monoisotopic (exact) mass is 1620 g/mol. The van der Waals surface area contributed by atoms with E-state index in [0.29, 0.717) is 5.56 Å². The molecule has 0 saturated carbocycles. The SMILES string of the molecule is CN(c1ccc(C#N)cc1)c1ccc(N(c2ccc(-c3ccccc3)cc2)c2ccc(-c3ccccc3)cc2)cc1.CN(c1ccc(N(c2ccc(-c3ccccc3)cc2)c2ccc(-c3ccccc3)cc2)cc1)c1ccc([N+](=O)[O-])cc1.CN(c1ccc(N(c2ccc(-c3ccccc3)cc2)c2ccc(-c3ccccc3)cc2)cc1)c1cccc([N+](=O)[O-])c1. The minimum absolute atomic E-state index is 0.0695. The standard InChI is InChI=1S/C38H29N3.2C37H29N3O2/c1-40(34-18-12-29(28-39)13-19-34)35-24-26-38(27-25-35)41(36-20-14-32(15-21-36)30-8-4-2-5-9-30)37-22-16-33(17-23-37)31-10-6-3-7-11-31;1-38(36-13-8-14-37(27-36)40(41)42)32-23-25-35(26-24-32)39(33-19-15-30(16-20-33)28-9-4-2-5-10-28)34-21-17-31(18-22-34)29-11-6-3-7-12-29;1-38(33-22-26-37(27-23-33)40(41)42)32-20-24-36(25-21-32)39(34-16-12-30(13-17-34)28-8-4-2-5-9-28)35-18-14-31(15-19-35)29-10-6-3-7-11-29/h2-27H,1H3;2*2-27H,1H3. The number of hydrogen-bond donors (Lipinski definition) is 0. The number of anilines is 15. The van der Waals surface area contributed by atoms with Crippen LogP contribution in [0.3, 0.4) is 0 Å². The normalized spacial score (nSPS) is 10.6. The van der Waals surface area contributed by atoms with E-state index >= 15 is 0 Å². The average Bonchev–Trinajstić information content (AvgIpc) is 0.799. The van der Waals surface area contributed by atoms with E-state index in [1.54, 1.807) is 24.3 Å². The molecule has 0 amide bonds. The summed E-state index contributed by atoms with van der Waals surface area (Å²) < 4.78 is 0. The van der Waals surface area contributed by atoms with Gasteiger partial charge in [0.2, 0.25) is 0 Å². The molecule has 0 aromatic heterocycles. The summed E-state index contributed by atoms with van der Waals surface area (Å²) in [7, 11) is 5.91. The Morgan fingerprint density at radius 2 is 0.368 bits per heavy atom. The number of non-ortho nitro benzene ring substituents is 2. The zero-order valence-electron chi connectivity index (χ0n) is 69.2. The fourth-order valence-corrected chi connectivity index (χ4v) is 15.2. The first kappa shape index (κ1) is 81.8. The number of hydrogen-bond acceptors (Lipinski definition) is 11. The van der Waals surface area contributed by atoms with Crippen molar-refractivity contribution >= 4 is 96.7 Å². The second-order valence-corrected chi connectivity index (χ2v) is 29.9. The molecule has 18 aromatic rings. The van der Waals surface area contributed by atoms with Crippen molar-refractivity contribution < 1.29 is 9.85 Å². The van der Waals surface area contributed by atoms with E-state index in [9.17, 15) is 20.2 Å². The van der Waals surface area contributed by atoms with Crippen LogP contribution in [-0.4, -0.2) is 31.0 Å². The van der Waals surface area contributed by atoms with E-state index < -0.39 is 0 Å². The molecule has 0 saturated heterocycles. The molecule has 13 heteroatoms. The molecule has 0 bridgehead atoms. The molecule has 0 atom stereocenters. The Balaban J connectivity index is 0.000000138. The van der Waals surface area contributed by atoms with Crippen molar-refractivity contribution in [1.29, 1.82) is 5.26 Å². The number of nitrogens with zero attached hydrogens (tertiary/aromatic N) is 9. The number of nitriles is 1. The first-order chi connectivity index (χ1) is 61.3. The summed E-state index contributed by atoms with van der Waals surface area (Å²) in [4.78, 5) is 34.4.